The predicted octanol–water partition coefficient (Wildman–Crippen LogP) is 1.46. The molecule has 0 spiro atoms. The normalized spacial score (nSPS) is 19.6. The molecule has 0 unspecified atom stereocenters. The van der Waals surface area contributed by atoms with Crippen LogP contribution in [0, 0.1) is 5.92 Å². The number of likely N-dealkylation sites (tertiary alicyclic amines) is 1. The van der Waals surface area contributed by atoms with E-state index in [1.807, 2.05) is 19.9 Å². The highest BCUT2D eigenvalue weighted by molar-refractivity contribution is 5.76. The quantitative estimate of drug-likeness (QED) is 0.734. The maximum Gasteiger partial charge on any atom is 0.317 e. The van der Waals surface area contributed by atoms with Crippen molar-refractivity contribution >= 4 is 12.0 Å². The summed E-state index contributed by atoms with van der Waals surface area (Å²) in [4.78, 5) is 24.2. The van der Waals surface area contributed by atoms with E-state index in [1.54, 1.807) is 4.90 Å². The highest BCUT2D eigenvalue weighted by Gasteiger charge is 2.27. The number of rotatable bonds is 3. The van der Waals surface area contributed by atoms with Crippen LogP contribution in [0.15, 0.2) is 11.6 Å². The standard InChI is InChI=1S/C12H20N2O3/c1-9(2)5-6-13-12(17)14-7-3-4-10(8-14)11(15)16/h5,10H,3-4,6-8H2,1-2H3,(H,13,17)(H,15,16)/t10-/m1/s1. The predicted molar refractivity (Wildman–Crippen MR) is 64.8 cm³/mol. The fraction of sp³-hybridized carbons (Fsp3) is 0.667. The number of hydrogen-bond acceptors (Lipinski definition) is 2. The molecule has 17 heavy (non-hydrogen) atoms. The average molecular weight is 240 g/mol. The van der Waals surface area contributed by atoms with Gasteiger partial charge in [0.25, 0.3) is 0 Å². The molecule has 5 nitrogen and oxygen atoms in total. The van der Waals surface area contributed by atoms with Gasteiger partial charge in [-0.2, -0.15) is 0 Å². The van der Waals surface area contributed by atoms with Crippen molar-refractivity contribution in [2.75, 3.05) is 19.6 Å². The molecule has 0 aromatic rings. The molecule has 5 heteroatoms. The largest absolute Gasteiger partial charge is 0.481 e. The Hall–Kier alpha value is -1.52. The molecule has 1 fully saturated rings. The van der Waals surface area contributed by atoms with Gasteiger partial charge in [0.05, 0.1) is 5.92 Å². The summed E-state index contributed by atoms with van der Waals surface area (Å²) in [6.45, 7) is 5.39. The van der Waals surface area contributed by atoms with Crippen molar-refractivity contribution in [3.8, 4) is 0 Å². The third kappa shape index (κ3) is 4.46. The molecule has 1 rings (SSSR count). The lowest BCUT2D eigenvalue weighted by molar-refractivity contribution is -0.143. The first-order chi connectivity index (χ1) is 8.00. The SMILES string of the molecule is CC(C)=CCNC(=O)N1CCC[C@@H](C(=O)O)C1. The number of hydrogen-bond donors (Lipinski definition) is 2. The molecule has 2 amide bonds. The van der Waals surface area contributed by atoms with Crippen LogP contribution in [0.2, 0.25) is 0 Å². The Labute approximate surface area is 101 Å². The average Bonchev–Trinajstić information content (AvgIpc) is 2.28. The van der Waals surface area contributed by atoms with Crippen molar-refractivity contribution < 1.29 is 14.7 Å². The number of urea groups is 1. The Bertz CT molecular complexity index is 322. The topological polar surface area (TPSA) is 69.6 Å². The summed E-state index contributed by atoms with van der Waals surface area (Å²) >= 11 is 0. The highest BCUT2D eigenvalue weighted by Crippen LogP contribution is 2.16. The van der Waals surface area contributed by atoms with Crippen molar-refractivity contribution in [3.05, 3.63) is 11.6 Å². The van der Waals surface area contributed by atoms with Crippen LogP contribution in [-0.2, 0) is 4.79 Å². The van der Waals surface area contributed by atoms with Gasteiger partial charge in [-0.05, 0) is 26.7 Å². The number of carbonyl (C=O) groups is 2. The Balaban J connectivity index is 2.41. The first-order valence-corrected chi connectivity index (χ1v) is 5.89. The molecule has 0 aliphatic carbocycles. The van der Waals surface area contributed by atoms with Crippen LogP contribution < -0.4 is 5.32 Å². The minimum absolute atomic E-state index is 0.173. The lowest BCUT2D eigenvalue weighted by Crippen LogP contribution is -2.47. The van der Waals surface area contributed by atoms with E-state index in [9.17, 15) is 9.59 Å². The number of allylic oxidation sites excluding steroid dienone is 1. The summed E-state index contributed by atoms with van der Waals surface area (Å²) < 4.78 is 0. The van der Waals surface area contributed by atoms with Gasteiger partial charge in [-0.15, -0.1) is 0 Å². The molecule has 0 radical (unpaired) electrons. The van der Waals surface area contributed by atoms with Gasteiger partial charge in [0.2, 0.25) is 0 Å². The summed E-state index contributed by atoms with van der Waals surface area (Å²) in [7, 11) is 0. The zero-order valence-corrected chi connectivity index (χ0v) is 10.4. The second kappa shape index (κ2) is 6.27. The van der Waals surface area contributed by atoms with Gasteiger partial charge in [-0.3, -0.25) is 4.79 Å². The number of carbonyl (C=O) groups excluding carboxylic acids is 1. The van der Waals surface area contributed by atoms with Gasteiger partial charge in [0.15, 0.2) is 0 Å². The molecule has 2 N–H and O–H groups in total. The van der Waals surface area contributed by atoms with Gasteiger partial charge < -0.3 is 15.3 Å². The minimum atomic E-state index is -0.813. The number of nitrogens with zero attached hydrogens (tertiary/aromatic N) is 1. The van der Waals surface area contributed by atoms with Crippen LogP contribution in [-0.4, -0.2) is 41.6 Å². The van der Waals surface area contributed by atoms with Crippen LogP contribution in [0.4, 0.5) is 4.79 Å². The van der Waals surface area contributed by atoms with E-state index in [0.29, 0.717) is 26.1 Å². The molecule has 0 bridgehead atoms. The van der Waals surface area contributed by atoms with Crippen LogP contribution in [0.25, 0.3) is 0 Å². The number of carboxylic acids is 1. The summed E-state index contributed by atoms with van der Waals surface area (Å²) in [5.41, 5.74) is 1.15. The third-order valence-electron chi connectivity index (χ3n) is 2.82. The van der Waals surface area contributed by atoms with Gasteiger partial charge in [-0.25, -0.2) is 4.79 Å². The molecule has 1 heterocycles. The molecule has 0 saturated carbocycles. The second-order valence-corrected chi connectivity index (χ2v) is 4.59. The summed E-state index contributed by atoms with van der Waals surface area (Å²) in [5.74, 6) is -1.23. The maximum atomic E-state index is 11.7. The molecule has 0 aromatic carbocycles. The van der Waals surface area contributed by atoms with E-state index in [1.165, 1.54) is 0 Å². The minimum Gasteiger partial charge on any atom is -0.481 e. The zero-order valence-electron chi connectivity index (χ0n) is 10.4. The Morgan fingerprint density at radius 1 is 1.47 bits per heavy atom. The first-order valence-electron chi connectivity index (χ1n) is 5.89. The van der Waals surface area contributed by atoms with Crippen LogP contribution in [0.1, 0.15) is 26.7 Å². The Morgan fingerprint density at radius 2 is 2.18 bits per heavy atom. The molecule has 1 aliphatic heterocycles. The summed E-state index contributed by atoms with van der Waals surface area (Å²) in [6, 6.07) is -0.173. The van der Waals surface area contributed by atoms with Crippen LogP contribution >= 0.6 is 0 Å². The van der Waals surface area contributed by atoms with Crippen molar-refractivity contribution in [2.24, 2.45) is 5.92 Å². The monoisotopic (exact) mass is 240 g/mol. The Kier molecular flexibility index (Phi) is 5.00. The van der Waals surface area contributed by atoms with Crippen molar-refractivity contribution in [1.29, 1.82) is 0 Å². The van der Waals surface area contributed by atoms with E-state index in [2.05, 4.69) is 5.32 Å². The van der Waals surface area contributed by atoms with E-state index in [4.69, 9.17) is 5.11 Å². The van der Waals surface area contributed by atoms with Gasteiger partial charge >= 0.3 is 12.0 Å². The molecular formula is C12H20N2O3. The fourth-order valence-electron chi connectivity index (χ4n) is 1.82. The number of nitrogens with one attached hydrogen (secondary N) is 1. The van der Waals surface area contributed by atoms with Crippen LogP contribution in [0.5, 0.6) is 0 Å². The van der Waals surface area contributed by atoms with Gasteiger partial charge in [-0.1, -0.05) is 11.6 Å². The van der Waals surface area contributed by atoms with E-state index < -0.39 is 11.9 Å². The van der Waals surface area contributed by atoms with E-state index in [-0.39, 0.29) is 6.03 Å². The summed E-state index contributed by atoms with van der Waals surface area (Å²) in [5, 5.41) is 11.7. The van der Waals surface area contributed by atoms with Crippen LogP contribution in [0.3, 0.4) is 0 Å². The highest BCUT2D eigenvalue weighted by atomic mass is 16.4. The lowest BCUT2D eigenvalue weighted by atomic mass is 9.99. The summed E-state index contributed by atoms with van der Waals surface area (Å²) in [6.07, 6.45) is 3.34. The molecule has 1 atom stereocenters. The Morgan fingerprint density at radius 3 is 2.76 bits per heavy atom. The number of aliphatic carboxylic acids is 1. The molecule has 1 saturated heterocycles. The van der Waals surface area contributed by atoms with E-state index in [0.717, 1.165) is 12.0 Å². The molecular weight excluding hydrogens is 220 g/mol. The third-order valence-corrected chi connectivity index (χ3v) is 2.82. The number of carboxylic acid groups (broad SMARTS) is 1. The number of amides is 2. The first kappa shape index (κ1) is 13.5. The molecule has 0 aromatic heterocycles. The fourth-order valence-corrected chi connectivity index (χ4v) is 1.82. The van der Waals surface area contributed by atoms with Crippen molar-refractivity contribution in [2.45, 2.75) is 26.7 Å². The second-order valence-electron chi connectivity index (χ2n) is 4.59. The smallest absolute Gasteiger partial charge is 0.317 e. The van der Waals surface area contributed by atoms with E-state index >= 15 is 0 Å². The van der Waals surface area contributed by atoms with Crippen molar-refractivity contribution in [1.82, 2.24) is 10.2 Å². The zero-order chi connectivity index (χ0) is 12.8. The van der Waals surface area contributed by atoms with Gasteiger partial charge in [0.1, 0.15) is 0 Å². The van der Waals surface area contributed by atoms with Crippen molar-refractivity contribution in [3.63, 3.8) is 0 Å². The molecule has 96 valence electrons. The molecule has 1 aliphatic rings. The number of piperidine rings is 1. The lowest BCUT2D eigenvalue weighted by Gasteiger charge is -2.30. The maximum absolute atomic E-state index is 11.7. The van der Waals surface area contributed by atoms with Gasteiger partial charge in [0, 0.05) is 19.6 Å².